The Hall–Kier alpha value is -4.69. The lowest BCUT2D eigenvalue weighted by molar-refractivity contribution is -0.104. The summed E-state index contributed by atoms with van der Waals surface area (Å²) in [5.74, 6) is -0.0431. The average Bonchev–Trinajstić information content (AvgIpc) is 3.07. The summed E-state index contributed by atoms with van der Waals surface area (Å²) in [5, 5.41) is 12.8. The second kappa shape index (κ2) is 18.7. The molecule has 1 aliphatic rings. The first kappa shape index (κ1) is 40.5. The standard InChI is InChI=1S/C25H28N4O3.C14H22O.C2H6/c1-16-21(4-3-5-22(16)26)18-14-23(25(32)28(2)15-18)27-19-8-6-17(7-9-19)24(31)29-12-10-20(30)11-13-29;1-7-8-13(14(4,5)6)12(3)9-11(2)10-15;1-2/h3-9,14-15,20,27,30H,10-13,26H2,1-2H3;7-10H,1-6H3;1-2H3/b;8-7-,11-9+,13-12+;. The highest BCUT2D eigenvalue weighted by Crippen LogP contribution is 2.30. The summed E-state index contributed by atoms with van der Waals surface area (Å²) >= 11 is 0. The van der Waals surface area contributed by atoms with Gasteiger partial charge in [-0.05, 0) is 110 Å². The molecule has 0 atom stereocenters. The molecule has 1 amide bonds. The molecule has 49 heavy (non-hydrogen) atoms. The number of aliphatic hydroxyl groups is 1. The minimum absolute atomic E-state index is 0.0431. The lowest BCUT2D eigenvalue weighted by Crippen LogP contribution is -2.40. The summed E-state index contributed by atoms with van der Waals surface area (Å²) < 4.78 is 1.54. The predicted octanol–water partition coefficient (Wildman–Crippen LogP) is 8.38. The summed E-state index contributed by atoms with van der Waals surface area (Å²) in [7, 11) is 1.72. The number of aryl methyl sites for hydroxylation is 1. The lowest BCUT2D eigenvalue weighted by atomic mass is 9.83. The van der Waals surface area contributed by atoms with Crippen molar-refractivity contribution in [3.05, 3.63) is 111 Å². The van der Waals surface area contributed by atoms with Crippen molar-refractivity contribution in [2.24, 2.45) is 12.5 Å². The second-order valence-electron chi connectivity index (χ2n) is 13.2. The maximum Gasteiger partial charge on any atom is 0.274 e. The number of hydrogen-bond donors (Lipinski definition) is 3. The molecule has 8 nitrogen and oxygen atoms in total. The first-order chi connectivity index (χ1) is 23.2. The van der Waals surface area contributed by atoms with Gasteiger partial charge in [0.05, 0.1) is 6.10 Å². The van der Waals surface area contributed by atoms with E-state index in [4.69, 9.17) is 5.73 Å². The number of amides is 1. The summed E-state index contributed by atoms with van der Waals surface area (Å²) in [6.45, 7) is 19.5. The molecule has 1 fully saturated rings. The molecule has 3 aromatic rings. The number of nitrogen functional groups attached to an aromatic ring is 1. The van der Waals surface area contributed by atoms with Crippen LogP contribution in [0.25, 0.3) is 11.1 Å². The normalized spacial score (nSPS) is 14.3. The van der Waals surface area contributed by atoms with Crippen molar-refractivity contribution < 1.29 is 14.7 Å². The van der Waals surface area contributed by atoms with Crippen molar-refractivity contribution in [3.8, 4) is 11.1 Å². The molecule has 1 saturated heterocycles. The number of rotatable bonds is 7. The van der Waals surface area contributed by atoms with Crippen LogP contribution in [-0.4, -0.2) is 46.0 Å². The number of anilines is 3. The van der Waals surface area contributed by atoms with Crippen LogP contribution < -0.4 is 16.6 Å². The van der Waals surface area contributed by atoms with Crippen LogP contribution in [0.3, 0.4) is 0 Å². The zero-order valence-electron chi connectivity index (χ0n) is 31.1. The highest BCUT2D eigenvalue weighted by Gasteiger charge is 2.22. The molecule has 0 bridgehead atoms. The highest BCUT2D eigenvalue weighted by molar-refractivity contribution is 5.94. The molecule has 2 aromatic carbocycles. The van der Waals surface area contributed by atoms with E-state index in [-0.39, 0.29) is 23.0 Å². The molecule has 8 heteroatoms. The van der Waals surface area contributed by atoms with E-state index in [9.17, 15) is 19.5 Å². The van der Waals surface area contributed by atoms with Crippen LogP contribution in [0, 0.1) is 12.3 Å². The first-order valence-electron chi connectivity index (χ1n) is 17.0. The van der Waals surface area contributed by atoms with Gasteiger partial charge in [0.2, 0.25) is 0 Å². The smallest absolute Gasteiger partial charge is 0.274 e. The molecule has 4 rings (SSSR count). The number of carbonyl (C=O) groups excluding carboxylic acids is 2. The monoisotopic (exact) mass is 668 g/mol. The maximum atomic E-state index is 12.7. The first-order valence-corrected chi connectivity index (χ1v) is 17.0. The van der Waals surface area contributed by atoms with Crippen LogP contribution in [0.5, 0.6) is 0 Å². The maximum absolute atomic E-state index is 12.7. The van der Waals surface area contributed by atoms with Gasteiger partial charge in [0, 0.05) is 48.8 Å². The van der Waals surface area contributed by atoms with Gasteiger partial charge >= 0.3 is 0 Å². The number of benzene rings is 2. The molecule has 0 spiro atoms. The molecule has 264 valence electrons. The third-order valence-electron chi connectivity index (χ3n) is 8.23. The molecule has 0 saturated carbocycles. The van der Waals surface area contributed by atoms with Crippen LogP contribution in [0.15, 0.2) is 94.5 Å². The number of aliphatic hydroxyl groups excluding tert-OH is 1. The van der Waals surface area contributed by atoms with Crippen LogP contribution in [0.2, 0.25) is 0 Å². The molecule has 1 aliphatic heterocycles. The lowest BCUT2D eigenvalue weighted by Gasteiger charge is -2.29. The molecule has 0 unspecified atom stereocenters. The zero-order valence-corrected chi connectivity index (χ0v) is 31.1. The van der Waals surface area contributed by atoms with Gasteiger partial charge in [-0.2, -0.15) is 0 Å². The van der Waals surface area contributed by atoms with Crippen molar-refractivity contribution in [1.82, 2.24) is 9.47 Å². The van der Waals surface area contributed by atoms with Gasteiger partial charge in [-0.1, -0.05) is 65.0 Å². The summed E-state index contributed by atoms with van der Waals surface area (Å²) in [4.78, 5) is 37.7. The van der Waals surface area contributed by atoms with E-state index in [2.05, 4.69) is 32.2 Å². The fraction of sp³-hybridized carbons (Fsp3) is 0.390. The third kappa shape index (κ3) is 11.5. The predicted molar refractivity (Wildman–Crippen MR) is 205 cm³/mol. The van der Waals surface area contributed by atoms with E-state index in [1.807, 2.05) is 78.0 Å². The van der Waals surface area contributed by atoms with Gasteiger partial charge in [-0.25, -0.2) is 0 Å². The number of hydrogen-bond acceptors (Lipinski definition) is 6. The fourth-order valence-electron chi connectivity index (χ4n) is 5.61. The number of nitrogens with two attached hydrogens (primary N) is 1. The SMILES string of the molecule is CC.C\C=C/C(=C(C)\C=C(/C)C=O)C(C)(C)C.Cc1c(N)cccc1-c1cc(Nc2ccc(C(=O)N3CCC(O)CC3)cc2)c(=O)n(C)c1. The van der Waals surface area contributed by atoms with Crippen LogP contribution in [0.1, 0.15) is 84.2 Å². The van der Waals surface area contributed by atoms with E-state index in [0.717, 1.165) is 34.1 Å². The number of piperidine rings is 1. The van der Waals surface area contributed by atoms with Crippen molar-refractivity contribution in [3.63, 3.8) is 0 Å². The summed E-state index contributed by atoms with van der Waals surface area (Å²) in [6, 6.07) is 14.7. The minimum Gasteiger partial charge on any atom is -0.398 e. The highest BCUT2D eigenvalue weighted by atomic mass is 16.3. The number of aromatic nitrogens is 1. The van der Waals surface area contributed by atoms with E-state index < -0.39 is 0 Å². The Labute approximate surface area is 293 Å². The Morgan fingerprint density at radius 1 is 1.04 bits per heavy atom. The van der Waals surface area contributed by atoms with E-state index >= 15 is 0 Å². The van der Waals surface area contributed by atoms with Crippen molar-refractivity contribution in [2.45, 2.75) is 81.3 Å². The van der Waals surface area contributed by atoms with Gasteiger partial charge in [0.15, 0.2) is 0 Å². The quantitative estimate of drug-likeness (QED) is 0.101. The molecule has 0 radical (unpaired) electrons. The van der Waals surface area contributed by atoms with Crippen LogP contribution in [-0.2, 0) is 11.8 Å². The fourth-order valence-corrected chi connectivity index (χ4v) is 5.61. The topological polar surface area (TPSA) is 118 Å². The number of nitrogens with one attached hydrogen (secondary N) is 1. The van der Waals surface area contributed by atoms with Crippen molar-refractivity contribution in [2.75, 3.05) is 24.1 Å². The number of pyridine rings is 1. The van der Waals surface area contributed by atoms with Gasteiger partial charge in [-0.15, -0.1) is 0 Å². The number of nitrogens with zero attached hydrogens (tertiary/aromatic N) is 2. The van der Waals surface area contributed by atoms with Gasteiger partial charge < -0.3 is 25.6 Å². The van der Waals surface area contributed by atoms with Gasteiger partial charge in [-0.3, -0.25) is 14.4 Å². The second-order valence-corrected chi connectivity index (χ2v) is 13.2. The minimum atomic E-state index is -0.319. The van der Waals surface area contributed by atoms with Gasteiger partial charge in [0.1, 0.15) is 12.0 Å². The molecule has 4 N–H and O–H groups in total. The third-order valence-corrected chi connectivity index (χ3v) is 8.23. The van der Waals surface area contributed by atoms with E-state index in [1.165, 1.54) is 5.57 Å². The largest absolute Gasteiger partial charge is 0.398 e. The Morgan fingerprint density at radius 2 is 1.65 bits per heavy atom. The number of aldehydes is 1. The molecule has 0 aliphatic carbocycles. The Morgan fingerprint density at radius 3 is 2.20 bits per heavy atom. The molecule has 2 heterocycles. The van der Waals surface area contributed by atoms with Crippen molar-refractivity contribution in [1.29, 1.82) is 0 Å². The number of carbonyl (C=O) groups is 2. The Bertz CT molecular complexity index is 1720. The zero-order chi connectivity index (χ0) is 36.9. The Balaban J connectivity index is 0.000000415. The average molecular weight is 669 g/mol. The Kier molecular flexibility index (Phi) is 15.5. The summed E-state index contributed by atoms with van der Waals surface area (Å²) in [6.07, 6.45) is 9.67. The molecule has 1 aromatic heterocycles. The van der Waals surface area contributed by atoms with E-state index in [0.29, 0.717) is 48.6 Å². The number of allylic oxidation sites excluding steroid dienone is 6. The van der Waals surface area contributed by atoms with E-state index in [1.54, 1.807) is 47.0 Å². The van der Waals surface area contributed by atoms with Crippen molar-refractivity contribution >= 4 is 29.3 Å². The van der Waals surface area contributed by atoms with Gasteiger partial charge in [0.25, 0.3) is 11.5 Å². The number of likely N-dealkylation sites (tertiary alicyclic amines) is 1. The molecular weight excluding hydrogens is 612 g/mol. The summed E-state index contributed by atoms with van der Waals surface area (Å²) in [5.41, 5.74) is 14.5. The molecular formula is C41H56N4O4. The van der Waals surface area contributed by atoms with Crippen LogP contribution in [0.4, 0.5) is 17.1 Å². The van der Waals surface area contributed by atoms with Crippen LogP contribution >= 0.6 is 0 Å².